The number of anilines is 1. The Morgan fingerprint density at radius 3 is 2.23 bits per heavy atom. The van der Waals surface area contributed by atoms with E-state index in [1.54, 1.807) is 37.4 Å². The molecule has 2 unspecified atom stereocenters. The Labute approximate surface area is 248 Å². The van der Waals surface area contributed by atoms with E-state index >= 15 is 0 Å². The first kappa shape index (κ1) is 31.0. The molecule has 3 N–H and O–H groups in total. The van der Waals surface area contributed by atoms with Crippen LogP contribution in [0.25, 0.3) is 0 Å². The number of hydrogen-bond acceptors (Lipinski definition) is 6. The predicted octanol–water partition coefficient (Wildman–Crippen LogP) is 3.51. The second kappa shape index (κ2) is 12.5. The second-order valence-electron chi connectivity index (χ2n) is 11.2. The molecule has 0 bridgehead atoms. The number of halogens is 1. The monoisotopic (exact) mass is 594 g/mol. The highest BCUT2D eigenvalue weighted by atomic mass is 19.1. The van der Waals surface area contributed by atoms with Crippen LogP contribution in [0.5, 0.6) is 5.75 Å². The molecule has 3 aromatic rings. The molecule has 1 saturated heterocycles. The van der Waals surface area contributed by atoms with Crippen LogP contribution in [0.1, 0.15) is 55.0 Å². The maximum absolute atomic E-state index is 13.9. The minimum absolute atomic E-state index is 0.0237. The molecule has 2 heterocycles. The number of carbonyl (C=O) groups is 4. The van der Waals surface area contributed by atoms with Crippen LogP contribution in [0, 0.1) is 5.82 Å². The average molecular weight is 595 g/mol. The van der Waals surface area contributed by atoms with E-state index in [2.05, 4.69) is 15.7 Å². The number of ether oxygens (including phenoxy) is 1. The molecule has 1 aliphatic heterocycles. The van der Waals surface area contributed by atoms with Crippen molar-refractivity contribution in [3.05, 3.63) is 77.4 Å². The molecule has 13 heteroatoms. The molecular formula is C30H35FN6O6. The Kier molecular flexibility index (Phi) is 9.02. The summed E-state index contributed by atoms with van der Waals surface area (Å²) in [6.45, 7) is 5.93. The molecule has 4 rings (SSSR count). The molecule has 228 valence electrons. The number of urea groups is 1. The van der Waals surface area contributed by atoms with Gasteiger partial charge in [-0.3, -0.25) is 24.0 Å². The minimum atomic E-state index is -1.42. The van der Waals surface area contributed by atoms with E-state index in [1.165, 1.54) is 33.7 Å². The van der Waals surface area contributed by atoms with Gasteiger partial charge in [0, 0.05) is 31.2 Å². The quantitative estimate of drug-likeness (QED) is 0.362. The number of nitrogens with zero attached hydrogens (tertiary/aromatic N) is 4. The van der Waals surface area contributed by atoms with Gasteiger partial charge in [-0.15, -0.1) is 0 Å². The maximum Gasteiger partial charge on any atom is 0.323 e. The zero-order valence-corrected chi connectivity index (χ0v) is 24.6. The summed E-state index contributed by atoms with van der Waals surface area (Å²) in [6, 6.07) is 11.6. The zero-order valence-electron chi connectivity index (χ0n) is 24.6. The van der Waals surface area contributed by atoms with E-state index in [-0.39, 0.29) is 24.2 Å². The van der Waals surface area contributed by atoms with Crippen molar-refractivity contribution in [2.24, 2.45) is 7.05 Å². The number of aryl methyl sites for hydroxylation is 1. The summed E-state index contributed by atoms with van der Waals surface area (Å²) in [5, 5.41) is 19.4. The van der Waals surface area contributed by atoms with Gasteiger partial charge in [0.1, 0.15) is 17.3 Å². The van der Waals surface area contributed by atoms with E-state index < -0.39 is 48.3 Å². The number of aromatic nitrogens is 2. The molecule has 43 heavy (non-hydrogen) atoms. The summed E-state index contributed by atoms with van der Waals surface area (Å²) in [7, 11) is 3.14. The third-order valence-corrected chi connectivity index (χ3v) is 7.10. The van der Waals surface area contributed by atoms with E-state index in [0.29, 0.717) is 22.7 Å². The molecule has 0 radical (unpaired) electrons. The number of methoxy groups -OCH3 is 1. The molecule has 1 aliphatic rings. The number of carbonyl (C=O) groups excluding carboxylic acids is 3. The van der Waals surface area contributed by atoms with Gasteiger partial charge in [0.25, 0.3) is 11.8 Å². The first-order valence-electron chi connectivity index (χ1n) is 13.6. The van der Waals surface area contributed by atoms with Gasteiger partial charge in [-0.25, -0.2) is 9.18 Å². The number of hydrogen-bond donors (Lipinski definition) is 3. The number of rotatable bonds is 8. The van der Waals surface area contributed by atoms with Crippen molar-refractivity contribution in [3.8, 4) is 5.75 Å². The van der Waals surface area contributed by atoms with Crippen molar-refractivity contribution < 1.29 is 33.4 Å². The van der Waals surface area contributed by atoms with Crippen LogP contribution in [0.4, 0.5) is 14.9 Å². The van der Waals surface area contributed by atoms with Crippen molar-refractivity contribution in [1.29, 1.82) is 0 Å². The molecule has 4 amide bonds. The van der Waals surface area contributed by atoms with Gasteiger partial charge in [-0.2, -0.15) is 5.10 Å². The van der Waals surface area contributed by atoms with Gasteiger partial charge in [-0.05, 0) is 48.0 Å². The lowest BCUT2D eigenvalue weighted by Crippen LogP contribution is -2.55. The lowest BCUT2D eigenvalue weighted by atomic mass is 9.92. The molecule has 12 nitrogen and oxygen atoms in total. The molecular weight excluding hydrogens is 559 g/mol. The summed E-state index contributed by atoms with van der Waals surface area (Å²) < 4.78 is 20.2. The van der Waals surface area contributed by atoms with Crippen LogP contribution in [0.15, 0.2) is 54.6 Å². The van der Waals surface area contributed by atoms with Crippen molar-refractivity contribution in [2.45, 2.75) is 44.8 Å². The van der Waals surface area contributed by atoms with Crippen molar-refractivity contribution in [1.82, 2.24) is 24.9 Å². The van der Waals surface area contributed by atoms with Crippen LogP contribution < -0.4 is 15.4 Å². The van der Waals surface area contributed by atoms with Crippen molar-refractivity contribution in [2.75, 3.05) is 25.5 Å². The lowest BCUT2D eigenvalue weighted by molar-refractivity contribution is -0.138. The number of carboxylic acids is 1. The normalized spacial score (nSPS) is 15.6. The maximum atomic E-state index is 13.9. The lowest BCUT2D eigenvalue weighted by Gasteiger charge is -2.30. The molecule has 0 spiro atoms. The first-order valence-corrected chi connectivity index (χ1v) is 13.6. The molecule has 0 aliphatic carbocycles. The summed E-state index contributed by atoms with van der Waals surface area (Å²) >= 11 is 0. The second-order valence-corrected chi connectivity index (χ2v) is 11.2. The van der Waals surface area contributed by atoms with Crippen molar-refractivity contribution in [3.63, 3.8) is 0 Å². The minimum Gasteiger partial charge on any atom is -0.497 e. The first-order chi connectivity index (χ1) is 20.3. The van der Waals surface area contributed by atoms with E-state index in [9.17, 15) is 28.7 Å². The van der Waals surface area contributed by atoms with Crippen LogP contribution in [-0.2, 0) is 22.1 Å². The number of carboxylic acid groups (broad SMARTS) is 1. The van der Waals surface area contributed by atoms with E-state index in [0.717, 1.165) is 12.1 Å². The van der Waals surface area contributed by atoms with Crippen molar-refractivity contribution >= 4 is 29.5 Å². The Bertz CT molecular complexity index is 1500. The van der Waals surface area contributed by atoms with Gasteiger partial charge in [0.05, 0.1) is 25.3 Å². The van der Waals surface area contributed by atoms with E-state index in [1.807, 2.05) is 20.8 Å². The fraction of sp³-hybridized carbons (Fsp3) is 0.367. The largest absolute Gasteiger partial charge is 0.497 e. The highest BCUT2D eigenvalue weighted by molar-refractivity contribution is 6.00. The van der Waals surface area contributed by atoms with Crippen LogP contribution in [0.3, 0.4) is 0 Å². The van der Waals surface area contributed by atoms with Crippen LogP contribution in [-0.4, -0.2) is 74.9 Å². The Hall–Kier alpha value is -4.94. The van der Waals surface area contributed by atoms with Gasteiger partial charge in [0.15, 0.2) is 6.17 Å². The predicted molar refractivity (Wildman–Crippen MR) is 155 cm³/mol. The summed E-state index contributed by atoms with van der Waals surface area (Å²) in [6.07, 6.45) is -1.93. The molecule has 1 fully saturated rings. The van der Waals surface area contributed by atoms with Gasteiger partial charge >= 0.3 is 12.0 Å². The molecule has 0 saturated carbocycles. The SMILES string of the molecule is COc1ccc(NC(=O)N2CCN(C(=O)c3cc(C(C)(C)C)nn3C)C2C(=O)NC(CC(=O)O)c2ccc(F)cc2)cc1. The third-order valence-electron chi connectivity index (χ3n) is 7.10. The standard InChI is InChI=1S/C30H35FN6O6/c1-30(2,3)24-17-23(35(4)34-24)28(41)36-14-15-37(29(42)32-20-10-12-21(43-5)13-11-20)27(36)26(40)33-22(16-25(38)39)18-6-8-19(31)9-7-18/h6-13,17,22,27H,14-16H2,1-5H3,(H,32,42)(H,33,40)(H,38,39). The smallest absolute Gasteiger partial charge is 0.323 e. The summed E-state index contributed by atoms with van der Waals surface area (Å²) in [5.74, 6) is -2.44. The van der Waals surface area contributed by atoms with Gasteiger partial charge in [-0.1, -0.05) is 32.9 Å². The van der Waals surface area contributed by atoms with Crippen LogP contribution >= 0.6 is 0 Å². The highest BCUT2D eigenvalue weighted by Gasteiger charge is 2.44. The third kappa shape index (κ3) is 7.11. The number of amides is 4. The van der Waals surface area contributed by atoms with E-state index in [4.69, 9.17) is 4.74 Å². The van der Waals surface area contributed by atoms with Crippen LogP contribution in [0.2, 0.25) is 0 Å². The topological polar surface area (TPSA) is 146 Å². The number of aliphatic carboxylic acids is 1. The summed E-state index contributed by atoms with van der Waals surface area (Å²) in [4.78, 5) is 55.4. The molecule has 2 aromatic carbocycles. The number of nitrogens with one attached hydrogen (secondary N) is 2. The van der Waals surface area contributed by atoms with Gasteiger partial charge in [0.2, 0.25) is 0 Å². The average Bonchev–Trinajstić information content (AvgIpc) is 3.57. The highest BCUT2D eigenvalue weighted by Crippen LogP contribution is 2.26. The van der Waals surface area contributed by atoms with Gasteiger partial charge < -0.3 is 25.4 Å². The zero-order chi connectivity index (χ0) is 31.5. The Morgan fingerprint density at radius 1 is 1.05 bits per heavy atom. The Balaban J connectivity index is 1.67. The fourth-order valence-corrected chi connectivity index (χ4v) is 4.76. The molecule has 2 atom stereocenters. The molecule has 1 aromatic heterocycles. The summed E-state index contributed by atoms with van der Waals surface area (Å²) in [5.41, 5.74) is 1.34. The fourth-order valence-electron chi connectivity index (χ4n) is 4.76. The Morgan fingerprint density at radius 2 is 1.67 bits per heavy atom. The number of benzene rings is 2.